The van der Waals surface area contributed by atoms with E-state index in [4.69, 9.17) is 0 Å². The predicted molar refractivity (Wildman–Crippen MR) is 110 cm³/mol. The highest BCUT2D eigenvalue weighted by atomic mass is 32.2. The Morgan fingerprint density at radius 3 is 2.31 bits per heavy atom. The number of nitro groups is 1. The van der Waals surface area contributed by atoms with Gasteiger partial charge in [-0.1, -0.05) is 48.5 Å². The zero-order valence-electron chi connectivity index (χ0n) is 15.5. The normalized spacial score (nSPS) is 11.1. The lowest BCUT2D eigenvalue weighted by molar-refractivity contribution is -0.387. The lowest BCUT2D eigenvalue weighted by atomic mass is 10.0. The van der Waals surface area contributed by atoms with Crippen molar-refractivity contribution in [2.24, 2.45) is 0 Å². The molecule has 148 valence electrons. The number of anilines is 1. The standard InChI is InChI=1S/C21H18N2O5S/c1-29(27,28)20-12-11-17(14-19(20)23(25)26)21(24)22-18-10-6-5-9-16(18)13-15-7-3-2-4-8-15/h2-12,14H,13H2,1H3,(H,22,24). The van der Waals surface area contributed by atoms with Crippen LogP contribution in [0.15, 0.2) is 77.7 Å². The van der Waals surface area contributed by atoms with E-state index in [1.54, 1.807) is 12.1 Å². The summed E-state index contributed by atoms with van der Waals surface area (Å²) in [4.78, 5) is 22.7. The molecule has 7 nitrogen and oxygen atoms in total. The molecule has 0 saturated heterocycles. The van der Waals surface area contributed by atoms with Crippen LogP contribution in [0.25, 0.3) is 0 Å². The van der Waals surface area contributed by atoms with Gasteiger partial charge < -0.3 is 5.32 Å². The number of rotatable bonds is 6. The summed E-state index contributed by atoms with van der Waals surface area (Å²) < 4.78 is 23.5. The molecule has 0 aliphatic carbocycles. The number of benzene rings is 3. The molecule has 8 heteroatoms. The van der Waals surface area contributed by atoms with Crippen molar-refractivity contribution in [3.05, 3.63) is 99.6 Å². The number of nitrogens with one attached hydrogen (secondary N) is 1. The van der Waals surface area contributed by atoms with Crippen molar-refractivity contribution in [3.8, 4) is 0 Å². The van der Waals surface area contributed by atoms with Crippen LogP contribution in [0.1, 0.15) is 21.5 Å². The molecule has 0 radical (unpaired) electrons. The number of para-hydroxylation sites is 1. The second-order valence-electron chi connectivity index (χ2n) is 6.49. The summed E-state index contributed by atoms with van der Waals surface area (Å²) in [7, 11) is -3.79. The highest BCUT2D eigenvalue weighted by molar-refractivity contribution is 7.90. The summed E-state index contributed by atoms with van der Waals surface area (Å²) in [6.07, 6.45) is 1.49. The Kier molecular flexibility index (Phi) is 5.74. The van der Waals surface area contributed by atoms with Crippen LogP contribution in [0.2, 0.25) is 0 Å². The van der Waals surface area contributed by atoms with Gasteiger partial charge in [0.05, 0.1) is 4.92 Å². The van der Waals surface area contributed by atoms with Crippen LogP contribution in [-0.2, 0) is 16.3 Å². The van der Waals surface area contributed by atoms with E-state index in [0.717, 1.165) is 29.5 Å². The van der Waals surface area contributed by atoms with Gasteiger partial charge in [0.1, 0.15) is 4.90 Å². The van der Waals surface area contributed by atoms with Crippen LogP contribution >= 0.6 is 0 Å². The summed E-state index contributed by atoms with van der Waals surface area (Å²) in [5.74, 6) is -0.561. The maximum Gasteiger partial charge on any atom is 0.288 e. The molecule has 0 spiro atoms. The number of nitro benzene ring substituents is 1. The Labute approximate surface area is 168 Å². The quantitative estimate of drug-likeness (QED) is 0.491. The minimum atomic E-state index is -3.79. The average Bonchev–Trinajstić information content (AvgIpc) is 2.69. The Balaban J connectivity index is 1.90. The van der Waals surface area contributed by atoms with Crippen LogP contribution in [0.4, 0.5) is 11.4 Å². The Hall–Kier alpha value is -3.52. The maximum absolute atomic E-state index is 12.7. The number of hydrogen-bond donors (Lipinski definition) is 1. The van der Waals surface area contributed by atoms with E-state index in [-0.39, 0.29) is 5.56 Å². The van der Waals surface area contributed by atoms with E-state index in [9.17, 15) is 23.3 Å². The summed E-state index contributed by atoms with van der Waals surface area (Å²) in [6, 6.07) is 20.3. The lowest BCUT2D eigenvalue weighted by Crippen LogP contribution is -2.14. The first-order valence-electron chi connectivity index (χ1n) is 8.67. The first kappa shape index (κ1) is 20.2. The third-order valence-electron chi connectivity index (χ3n) is 4.32. The molecule has 3 aromatic rings. The molecule has 0 aliphatic heterocycles. The highest BCUT2D eigenvalue weighted by Crippen LogP contribution is 2.26. The summed E-state index contributed by atoms with van der Waals surface area (Å²) in [5, 5.41) is 14.0. The van der Waals surface area contributed by atoms with Crippen molar-refractivity contribution in [3.63, 3.8) is 0 Å². The number of nitrogens with zero attached hydrogens (tertiary/aromatic N) is 1. The van der Waals surface area contributed by atoms with Gasteiger partial charge in [0.15, 0.2) is 9.84 Å². The van der Waals surface area contributed by atoms with Gasteiger partial charge >= 0.3 is 0 Å². The van der Waals surface area contributed by atoms with E-state index in [0.29, 0.717) is 12.1 Å². The molecule has 0 bridgehead atoms. The minimum Gasteiger partial charge on any atom is -0.322 e. The molecule has 0 aliphatic rings. The molecule has 1 N–H and O–H groups in total. The van der Waals surface area contributed by atoms with Gasteiger partial charge in [-0.15, -0.1) is 0 Å². The molecule has 0 fully saturated rings. The molecule has 3 aromatic carbocycles. The number of carbonyl (C=O) groups excluding carboxylic acids is 1. The molecule has 3 rings (SSSR count). The molecule has 0 saturated carbocycles. The van der Waals surface area contributed by atoms with Gasteiger partial charge in [0, 0.05) is 23.6 Å². The molecular weight excluding hydrogens is 392 g/mol. The molecule has 1 amide bonds. The minimum absolute atomic E-state index is 0.00128. The zero-order valence-corrected chi connectivity index (χ0v) is 16.3. The fourth-order valence-corrected chi connectivity index (χ4v) is 3.75. The monoisotopic (exact) mass is 410 g/mol. The number of amides is 1. The van der Waals surface area contributed by atoms with Gasteiger partial charge in [-0.25, -0.2) is 8.42 Å². The van der Waals surface area contributed by atoms with Gasteiger partial charge in [-0.2, -0.15) is 0 Å². The Morgan fingerprint density at radius 2 is 1.66 bits per heavy atom. The molecule has 0 unspecified atom stereocenters. The van der Waals surface area contributed by atoms with Crippen LogP contribution < -0.4 is 5.32 Å². The van der Waals surface area contributed by atoms with Crippen molar-refractivity contribution in [1.82, 2.24) is 0 Å². The molecule has 0 aromatic heterocycles. The van der Waals surface area contributed by atoms with Crippen molar-refractivity contribution in [2.45, 2.75) is 11.3 Å². The summed E-state index contributed by atoms with van der Waals surface area (Å²) >= 11 is 0. The molecule has 0 heterocycles. The smallest absolute Gasteiger partial charge is 0.288 e. The topological polar surface area (TPSA) is 106 Å². The van der Waals surface area contributed by atoms with Crippen molar-refractivity contribution in [1.29, 1.82) is 0 Å². The zero-order chi connectivity index (χ0) is 21.0. The summed E-state index contributed by atoms with van der Waals surface area (Å²) in [6.45, 7) is 0. The van der Waals surface area contributed by atoms with Crippen molar-refractivity contribution < 1.29 is 18.1 Å². The average molecular weight is 410 g/mol. The van der Waals surface area contributed by atoms with E-state index >= 15 is 0 Å². The second-order valence-corrected chi connectivity index (χ2v) is 8.47. The first-order valence-corrected chi connectivity index (χ1v) is 10.6. The third-order valence-corrected chi connectivity index (χ3v) is 5.46. The van der Waals surface area contributed by atoms with Gasteiger partial charge in [-0.05, 0) is 35.7 Å². The van der Waals surface area contributed by atoms with E-state index in [1.807, 2.05) is 42.5 Å². The van der Waals surface area contributed by atoms with E-state index < -0.39 is 31.3 Å². The van der Waals surface area contributed by atoms with Crippen LogP contribution in [0, 0.1) is 10.1 Å². The van der Waals surface area contributed by atoms with Crippen LogP contribution in [0.5, 0.6) is 0 Å². The van der Waals surface area contributed by atoms with Crippen molar-refractivity contribution >= 4 is 27.1 Å². The van der Waals surface area contributed by atoms with E-state index in [2.05, 4.69) is 5.32 Å². The second kappa shape index (κ2) is 8.24. The number of hydrogen-bond acceptors (Lipinski definition) is 5. The number of sulfone groups is 1. The third kappa shape index (κ3) is 4.85. The highest BCUT2D eigenvalue weighted by Gasteiger charge is 2.24. The van der Waals surface area contributed by atoms with Gasteiger partial charge in [0.2, 0.25) is 0 Å². The van der Waals surface area contributed by atoms with E-state index in [1.165, 1.54) is 6.07 Å². The Morgan fingerprint density at radius 1 is 1.00 bits per heavy atom. The molecule has 29 heavy (non-hydrogen) atoms. The van der Waals surface area contributed by atoms with Crippen LogP contribution in [0.3, 0.4) is 0 Å². The largest absolute Gasteiger partial charge is 0.322 e. The SMILES string of the molecule is CS(=O)(=O)c1ccc(C(=O)Nc2ccccc2Cc2ccccc2)cc1[N+](=O)[O-]. The fraction of sp³-hybridized carbons (Fsp3) is 0.0952. The van der Waals surface area contributed by atoms with Gasteiger partial charge in [0.25, 0.3) is 11.6 Å². The lowest BCUT2D eigenvalue weighted by Gasteiger charge is -2.12. The maximum atomic E-state index is 12.7. The number of carbonyl (C=O) groups is 1. The van der Waals surface area contributed by atoms with Crippen LogP contribution in [-0.4, -0.2) is 25.5 Å². The summed E-state index contributed by atoms with van der Waals surface area (Å²) in [5.41, 5.74) is 1.91. The Bertz CT molecular complexity index is 1170. The molecular formula is C21H18N2O5S. The van der Waals surface area contributed by atoms with Gasteiger partial charge in [-0.3, -0.25) is 14.9 Å². The van der Waals surface area contributed by atoms with Crippen molar-refractivity contribution in [2.75, 3.05) is 11.6 Å². The molecule has 0 atom stereocenters. The predicted octanol–water partition coefficient (Wildman–Crippen LogP) is 3.84. The first-order chi connectivity index (χ1) is 13.8. The fourth-order valence-electron chi connectivity index (χ4n) is 2.92.